The van der Waals surface area contributed by atoms with Crippen molar-refractivity contribution in [1.82, 2.24) is 20.1 Å². The Morgan fingerprint density at radius 2 is 2.29 bits per heavy atom. The van der Waals surface area contributed by atoms with Crippen LogP contribution < -0.4 is 11.1 Å². The molecule has 0 saturated carbocycles. The van der Waals surface area contributed by atoms with E-state index >= 15 is 0 Å². The summed E-state index contributed by atoms with van der Waals surface area (Å²) in [6.45, 7) is 0.569. The lowest BCUT2D eigenvalue weighted by Crippen LogP contribution is -2.26. The van der Waals surface area contributed by atoms with Gasteiger partial charge in [0.25, 0.3) is 5.91 Å². The Labute approximate surface area is 121 Å². The third-order valence-corrected chi connectivity index (χ3v) is 3.54. The molecule has 0 saturated heterocycles. The number of nitrogens with zero attached hydrogens (tertiary/aromatic N) is 2. The van der Waals surface area contributed by atoms with Crippen molar-refractivity contribution in [1.29, 1.82) is 0 Å². The van der Waals surface area contributed by atoms with Gasteiger partial charge in [0.05, 0.1) is 5.56 Å². The van der Waals surface area contributed by atoms with E-state index in [1.54, 1.807) is 23.1 Å². The van der Waals surface area contributed by atoms with Crippen LogP contribution in [0.25, 0.3) is 10.9 Å². The molecule has 0 unspecified atom stereocenters. The second kappa shape index (κ2) is 5.32. The van der Waals surface area contributed by atoms with E-state index in [-0.39, 0.29) is 5.91 Å². The summed E-state index contributed by atoms with van der Waals surface area (Å²) in [6, 6.07) is 7.42. The highest BCUT2D eigenvalue weighted by atomic mass is 16.1. The second-order valence-corrected chi connectivity index (χ2v) is 4.96. The molecule has 0 aliphatic heterocycles. The SMILES string of the molecule is Cn1nccc1CCNC(=O)c1c[nH]c2cc(N)ccc12. The van der Waals surface area contributed by atoms with Crippen LogP contribution in [0.3, 0.4) is 0 Å². The number of fused-ring (bicyclic) bond motifs is 1. The molecule has 0 bridgehead atoms. The summed E-state index contributed by atoms with van der Waals surface area (Å²) in [5.41, 5.74) is 8.99. The number of aromatic amines is 1. The van der Waals surface area contributed by atoms with Gasteiger partial charge < -0.3 is 16.0 Å². The highest BCUT2D eigenvalue weighted by Crippen LogP contribution is 2.20. The number of hydrogen-bond acceptors (Lipinski definition) is 3. The standard InChI is InChI=1S/C15H17N5O/c1-20-11(5-7-19-20)4-6-17-15(21)13-9-18-14-8-10(16)2-3-12(13)14/h2-3,5,7-9,18H,4,6,16H2,1H3,(H,17,21). The van der Waals surface area contributed by atoms with E-state index in [0.717, 1.165) is 23.0 Å². The molecular weight excluding hydrogens is 266 g/mol. The monoisotopic (exact) mass is 283 g/mol. The number of carbonyl (C=O) groups is 1. The summed E-state index contributed by atoms with van der Waals surface area (Å²) < 4.78 is 1.81. The van der Waals surface area contributed by atoms with Crippen LogP contribution in [-0.4, -0.2) is 27.2 Å². The summed E-state index contributed by atoms with van der Waals surface area (Å²) in [5.74, 6) is -0.0896. The van der Waals surface area contributed by atoms with Gasteiger partial charge in [-0.05, 0) is 24.3 Å². The summed E-state index contributed by atoms with van der Waals surface area (Å²) in [7, 11) is 1.89. The average Bonchev–Trinajstić information content (AvgIpc) is 3.05. The first kappa shape index (κ1) is 13.2. The van der Waals surface area contributed by atoms with Crippen LogP contribution in [0.4, 0.5) is 5.69 Å². The van der Waals surface area contributed by atoms with Gasteiger partial charge >= 0.3 is 0 Å². The number of nitrogens with one attached hydrogen (secondary N) is 2. The largest absolute Gasteiger partial charge is 0.399 e. The first-order chi connectivity index (χ1) is 10.1. The van der Waals surface area contributed by atoms with Gasteiger partial charge in [0.1, 0.15) is 0 Å². The Morgan fingerprint density at radius 3 is 3.05 bits per heavy atom. The van der Waals surface area contributed by atoms with Crippen molar-refractivity contribution in [3.05, 3.63) is 47.9 Å². The van der Waals surface area contributed by atoms with Gasteiger partial charge in [0, 0.05) is 54.7 Å². The summed E-state index contributed by atoms with van der Waals surface area (Å²) in [5, 5.41) is 7.90. The molecule has 0 spiro atoms. The van der Waals surface area contributed by atoms with E-state index in [2.05, 4.69) is 15.4 Å². The minimum atomic E-state index is -0.0896. The molecule has 6 heteroatoms. The maximum atomic E-state index is 12.2. The molecule has 1 aromatic carbocycles. The molecule has 0 aliphatic rings. The van der Waals surface area contributed by atoms with Crippen molar-refractivity contribution in [2.75, 3.05) is 12.3 Å². The topological polar surface area (TPSA) is 88.7 Å². The molecule has 3 rings (SSSR count). The predicted octanol–water partition coefficient (Wildman–Crippen LogP) is 1.46. The molecule has 2 aromatic heterocycles. The molecule has 2 heterocycles. The number of carbonyl (C=O) groups excluding carboxylic acids is 1. The molecule has 3 aromatic rings. The van der Waals surface area contributed by atoms with Crippen molar-refractivity contribution >= 4 is 22.5 Å². The van der Waals surface area contributed by atoms with E-state index in [0.29, 0.717) is 17.8 Å². The smallest absolute Gasteiger partial charge is 0.253 e. The van der Waals surface area contributed by atoms with Crippen LogP contribution in [0.1, 0.15) is 16.1 Å². The Balaban J connectivity index is 1.68. The Morgan fingerprint density at radius 1 is 1.43 bits per heavy atom. The van der Waals surface area contributed by atoms with Crippen molar-refractivity contribution in [2.24, 2.45) is 7.05 Å². The number of aryl methyl sites for hydroxylation is 1. The minimum Gasteiger partial charge on any atom is -0.399 e. The van der Waals surface area contributed by atoms with E-state index in [9.17, 15) is 4.79 Å². The zero-order chi connectivity index (χ0) is 14.8. The molecule has 4 N–H and O–H groups in total. The lowest BCUT2D eigenvalue weighted by Gasteiger charge is -2.05. The quantitative estimate of drug-likeness (QED) is 0.633. The summed E-state index contributed by atoms with van der Waals surface area (Å²) in [4.78, 5) is 15.3. The van der Waals surface area contributed by atoms with Crippen molar-refractivity contribution in [3.8, 4) is 0 Å². The summed E-state index contributed by atoms with van der Waals surface area (Å²) >= 11 is 0. The van der Waals surface area contributed by atoms with Gasteiger partial charge in [0.2, 0.25) is 0 Å². The molecule has 6 nitrogen and oxygen atoms in total. The lowest BCUT2D eigenvalue weighted by molar-refractivity contribution is 0.0955. The van der Waals surface area contributed by atoms with Gasteiger partial charge in [-0.1, -0.05) is 0 Å². The fourth-order valence-electron chi connectivity index (χ4n) is 2.38. The van der Waals surface area contributed by atoms with Crippen LogP contribution in [-0.2, 0) is 13.5 Å². The van der Waals surface area contributed by atoms with Crippen molar-refractivity contribution in [3.63, 3.8) is 0 Å². The number of aromatic nitrogens is 3. The maximum absolute atomic E-state index is 12.2. The Hall–Kier alpha value is -2.76. The van der Waals surface area contributed by atoms with E-state index in [1.807, 2.05) is 25.2 Å². The molecule has 108 valence electrons. The Kier molecular flexibility index (Phi) is 3.35. The number of H-pyrrole nitrogens is 1. The molecule has 0 fully saturated rings. The van der Waals surface area contributed by atoms with Crippen LogP contribution in [0.2, 0.25) is 0 Å². The second-order valence-electron chi connectivity index (χ2n) is 4.96. The van der Waals surface area contributed by atoms with Gasteiger partial charge in [0.15, 0.2) is 0 Å². The van der Waals surface area contributed by atoms with Crippen molar-refractivity contribution in [2.45, 2.75) is 6.42 Å². The zero-order valence-corrected chi connectivity index (χ0v) is 11.8. The molecule has 0 aliphatic carbocycles. The molecule has 0 radical (unpaired) electrons. The number of hydrogen-bond donors (Lipinski definition) is 3. The van der Waals surface area contributed by atoms with Crippen LogP contribution in [0.5, 0.6) is 0 Å². The van der Waals surface area contributed by atoms with Crippen LogP contribution in [0.15, 0.2) is 36.7 Å². The predicted molar refractivity (Wildman–Crippen MR) is 82.0 cm³/mol. The number of anilines is 1. The highest BCUT2D eigenvalue weighted by molar-refractivity contribution is 6.07. The fourth-order valence-corrected chi connectivity index (χ4v) is 2.38. The molecular formula is C15H17N5O. The number of amides is 1. The fraction of sp³-hybridized carbons (Fsp3) is 0.200. The first-order valence-electron chi connectivity index (χ1n) is 6.77. The van der Waals surface area contributed by atoms with E-state index in [4.69, 9.17) is 5.73 Å². The normalized spacial score (nSPS) is 10.9. The minimum absolute atomic E-state index is 0.0896. The first-order valence-corrected chi connectivity index (χ1v) is 6.77. The molecule has 21 heavy (non-hydrogen) atoms. The van der Waals surface area contributed by atoms with Crippen LogP contribution in [0, 0.1) is 0 Å². The Bertz CT molecular complexity index is 786. The molecule has 0 atom stereocenters. The summed E-state index contributed by atoms with van der Waals surface area (Å²) in [6.07, 6.45) is 4.21. The average molecular weight is 283 g/mol. The van der Waals surface area contributed by atoms with Gasteiger partial charge in [-0.25, -0.2) is 0 Å². The van der Waals surface area contributed by atoms with E-state index in [1.165, 1.54) is 0 Å². The number of nitrogen functional groups attached to an aromatic ring is 1. The number of benzene rings is 1. The van der Waals surface area contributed by atoms with Crippen LogP contribution >= 0.6 is 0 Å². The van der Waals surface area contributed by atoms with Crippen molar-refractivity contribution < 1.29 is 4.79 Å². The molecule has 1 amide bonds. The highest BCUT2D eigenvalue weighted by Gasteiger charge is 2.11. The van der Waals surface area contributed by atoms with Gasteiger partial charge in [-0.2, -0.15) is 5.10 Å². The van der Waals surface area contributed by atoms with Gasteiger partial charge in [-0.3, -0.25) is 9.48 Å². The van der Waals surface area contributed by atoms with Gasteiger partial charge in [-0.15, -0.1) is 0 Å². The third kappa shape index (κ3) is 2.60. The lowest BCUT2D eigenvalue weighted by atomic mass is 10.1. The van der Waals surface area contributed by atoms with E-state index < -0.39 is 0 Å². The number of rotatable bonds is 4. The number of nitrogens with two attached hydrogens (primary N) is 1. The zero-order valence-electron chi connectivity index (χ0n) is 11.8. The maximum Gasteiger partial charge on any atom is 0.253 e. The third-order valence-electron chi connectivity index (χ3n) is 3.54.